The molecule has 0 fully saturated rings. The van der Waals surface area contributed by atoms with Crippen molar-refractivity contribution in [2.24, 2.45) is 0 Å². The van der Waals surface area contributed by atoms with E-state index in [0.29, 0.717) is 34.4 Å². The van der Waals surface area contributed by atoms with Gasteiger partial charge in [-0.05, 0) is 42.0 Å². The molecule has 9 heteroatoms. The second kappa shape index (κ2) is 9.01. The standard InChI is InChI=1S/C27H22N4O4S/c1-17(32)31(19-7-3-2-4-8-19)27-29-22(15-36-27)25-28-21-10-6-5-9-20(21)26(33)30(25)14-18-11-12-23-24(13-18)35-16-34-23/h2-13,15,25,28H,14,16H2,1H3. The first kappa shape index (κ1) is 22.1. The molecule has 1 N–H and O–H groups in total. The minimum atomic E-state index is -0.521. The molecule has 0 bridgehead atoms. The quantitative estimate of drug-likeness (QED) is 0.401. The molecule has 2 aliphatic rings. The Kier molecular flexibility index (Phi) is 5.54. The van der Waals surface area contributed by atoms with E-state index < -0.39 is 6.17 Å². The fraction of sp³-hybridized carbons (Fsp3) is 0.148. The average Bonchev–Trinajstić information content (AvgIpc) is 3.56. The molecule has 0 radical (unpaired) electrons. The highest BCUT2D eigenvalue weighted by atomic mass is 32.1. The van der Waals surface area contributed by atoms with Gasteiger partial charge in [-0.3, -0.25) is 14.5 Å². The molecule has 2 amide bonds. The Bertz CT molecular complexity index is 1460. The van der Waals surface area contributed by atoms with Gasteiger partial charge in [-0.15, -0.1) is 11.3 Å². The third-order valence-corrected chi connectivity index (χ3v) is 6.97. The number of thiazole rings is 1. The first-order chi connectivity index (χ1) is 17.6. The Morgan fingerprint density at radius 3 is 2.69 bits per heavy atom. The summed E-state index contributed by atoms with van der Waals surface area (Å²) in [5.41, 5.74) is 3.64. The highest BCUT2D eigenvalue weighted by Crippen LogP contribution is 2.38. The molecule has 4 aromatic rings. The zero-order valence-electron chi connectivity index (χ0n) is 19.4. The number of anilines is 3. The fourth-order valence-electron chi connectivity index (χ4n) is 4.43. The normalized spacial score (nSPS) is 15.9. The van der Waals surface area contributed by atoms with Crippen molar-refractivity contribution in [3.8, 4) is 11.5 Å². The summed E-state index contributed by atoms with van der Waals surface area (Å²) >= 11 is 1.36. The number of fused-ring (bicyclic) bond motifs is 2. The topological polar surface area (TPSA) is 84.0 Å². The SMILES string of the molecule is CC(=O)N(c1ccccc1)c1nc(C2Nc3ccccc3C(=O)N2Cc2ccc3c(c2)OCO3)cs1. The van der Waals surface area contributed by atoms with Crippen LogP contribution < -0.4 is 19.7 Å². The van der Waals surface area contributed by atoms with Crippen LogP contribution in [0.1, 0.15) is 34.7 Å². The van der Waals surface area contributed by atoms with Gasteiger partial charge in [0, 0.05) is 24.5 Å². The highest BCUT2D eigenvalue weighted by Gasteiger charge is 2.35. The number of para-hydroxylation sites is 2. The van der Waals surface area contributed by atoms with E-state index in [1.54, 1.807) is 9.80 Å². The minimum absolute atomic E-state index is 0.104. The van der Waals surface area contributed by atoms with E-state index in [0.717, 1.165) is 16.9 Å². The van der Waals surface area contributed by atoms with Gasteiger partial charge in [-0.2, -0.15) is 0 Å². The predicted molar refractivity (Wildman–Crippen MR) is 137 cm³/mol. The molecule has 0 aliphatic carbocycles. The van der Waals surface area contributed by atoms with Crippen molar-refractivity contribution < 1.29 is 19.1 Å². The Hall–Kier alpha value is -4.37. The number of nitrogens with zero attached hydrogens (tertiary/aromatic N) is 3. The number of rotatable bonds is 5. The molecule has 8 nitrogen and oxygen atoms in total. The van der Waals surface area contributed by atoms with Gasteiger partial charge < -0.3 is 19.7 Å². The number of carbonyl (C=O) groups is 2. The molecule has 0 saturated carbocycles. The molecule has 3 heterocycles. The predicted octanol–water partition coefficient (Wildman–Crippen LogP) is 5.32. The monoisotopic (exact) mass is 498 g/mol. The largest absolute Gasteiger partial charge is 0.454 e. The number of benzene rings is 3. The van der Waals surface area contributed by atoms with Gasteiger partial charge in [0.2, 0.25) is 12.7 Å². The second-order valence-electron chi connectivity index (χ2n) is 8.46. The van der Waals surface area contributed by atoms with Gasteiger partial charge in [0.1, 0.15) is 6.17 Å². The highest BCUT2D eigenvalue weighted by molar-refractivity contribution is 7.14. The summed E-state index contributed by atoms with van der Waals surface area (Å²) in [6.07, 6.45) is -0.521. The van der Waals surface area contributed by atoms with Crippen LogP contribution in [0.15, 0.2) is 78.2 Å². The lowest BCUT2D eigenvalue weighted by atomic mass is 10.1. The summed E-state index contributed by atoms with van der Waals surface area (Å²) in [4.78, 5) is 34.3. The van der Waals surface area contributed by atoms with Gasteiger partial charge in [-0.1, -0.05) is 36.4 Å². The molecule has 0 saturated heterocycles. The molecular weight excluding hydrogens is 476 g/mol. The van der Waals surface area contributed by atoms with Gasteiger partial charge in [0.05, 0.1) is 16.9 Å². The van der Waals surface area contributed by atoms with Crippen molar-refractivity contribution in [1.29, 1.82) is 0 Å². The summed E-state index contributed by atoms with van der Waals surface area (Å²) in [7, 11) is 0. The molecule has 1 aromatic heterocycles. The molecule has 3 aromatic carbocycles. The van der Waals surface area contributed by atoms with Crippen LogP contribution in [0.4, 0.5) is 16.5 Å². The summed E-state index contributed by atoms with van der Waals surface area (Å²) in [5.74, 6) is 1.11. The second-order valence-corrected chi connectivity index (χ2v) is 9.29. The van der Waals surface area contributed by atoms with Crippen molar-refractivity contribution >= 4 is 39.7 Å². The first-order valence-corrected chi connectivity index (χ1v) is 12.3. The van der Waals surface area contributed by atoms with E-state index >= 15 is 0 Å². The smallest absolute Gasteiger partial charge is 0.258 e. The summed E-state index contributed by atoms with van der Waals surface area (Å²) < 4.78 is 11.0. The number of amides is 2. The third kappa shape index (κ3) is 3.93. The number of ether oxygens (including phenoxy) is 2. The number of nitrogens with one attached hydrogen (secondary N) is 1. The van der Waals surface area contributed by atoms with Crippen molar-refractivity contribution in [2.75, 3.05) is 17.0 Å². The number of hydrogen-bond acceptors (Lipinski definition) is 7. The van der Waals surface area contributed by atoms with E-state index in [-0.39, 0.29) is 18.6 Å². The Morgan fingerprint density at radius 1 is 1.08 bits per heavy atom. The lowest BCUT2D eigenvalue weighted by molar-refractivity contribution is -0.115. The molecule has 180 valence electrons. The van der Waals surface area contributed by atoms with Gasteiger partial charge in [0.25, 0.3) is 5.91 Å². The van der Waals surface area contributed by atoms with Gasteiger partial charge in [-0.25, -0.2) is 4.98 Å². The summed E-state index contributed by atoms with van der Waals surface area (Å²) in [6, 6.07) is 22.5. The zero-order valence-corrected chi connectivity index (χ0v) is 20.2. The molecular formula is C27H22N4O4S. The minimum Gasteiger partial charge on any atom is -0.454 e. The maximum absolute atomic E-state index is 13.7. The van der Waals surface area contributed by atoms with Crippen LogP contribution in [-0.2, 0) is 11.3 Å². The van der Waals surface area contributed by atoms with Gasteiger partial charge >= 0.3 is 0 Å². The number of carbonyl (C=O) groups excluding carboxylic acids is 2. The summed E-state index contributed by atoms with van der Waals surface area (Å²) in [6.45, 7) is 2.04. The molecule has 2 aliphatic heterocycles. The van der Waals surface area contributed by atoms with Crippen LogP contribution >= 0.6 is 11.3 Å². The average molecular weight is 499 g/mol. The fourth-order valence-corrected chi connectivity index (χ4v) is 5.34. The van der Waals surface area contributed by atoms with Crippen molar-refractivity contribution in [3.05, 3.63) is 95.0 Å². The van der Waals surface area contributed by atoms with Crippen LogP contribution in [0, 0.1) is 0 Å². The molecule has 1 unspecified atom stereocenters. The maximum Gasteiger partial charge on any atom is 0.258 e. The zero-order chi connectivity index (χ0) is 24.6. The lowest BCUT2D eigenvalue weighted by Crippen LogP contribution is -2.42. The molecule has 36 heavy (non-hydrogen) atoms. The molecule has 0 spiro atoms. The van der Waals surface area contributed by atoms with Crippen LogP contribution in [0.25, 0.3) is 0 Å². The van der Waals surface area contributed by atoms with E-state index in [9.17, 15) is 9.59 Å². The Labute approximate surface area is 211 Å². The van der Waals surface area contributed by atoms with E-state index in [1.165, 1.54) is 18.3 Å². The van der Waals surface area contributed by atoms with Gasteiger partial charge in [0.15, 0.2) is 16.6 Å². The maximum atomic E-state index is 13.7. The lowest BCUT2D eigenvalue weighted by Gasteiger charge is -2.37. The van der Waals surface area contributed by atoms with E-state index in [2.05, 4.69) is 5.32 Å². The van der Waals surface area contributed by atoms with Crippen molar-refractivity contribution in [3.63, 3.8) is 0 Å². The molecule has 6 rings (SSSR count). The van der Waals surface area contributed by atoms with E-state index in [4.69, 9.17) is 14.5 Å². The van der Waals surface area contributed by atoms with Crippen LogP contribution in [0.5, 0.6) is 11.5 Å². The van der Waals surface area contributed by atoms with Crippen LogP contribution in [0.3, 0.4) is 0 Å². The third-order valence-electron chi connectivity index (χ3n) is 6.12. The van der Waals surface area contributed by atoms with E-state index in [1.807, 2.05) is 78.2 Å². The number of hydrogen-bond donors (Lipinski definition) is 1. The van der Waals surface area contributed by atoms with Crippen molar-refractivity contribution in [2.45, 2.75) is 19.6 Å². The Balaban J connectivity index is 1.37. The number of aromatic nitrogens is 1. The first-order valence-electron chi connectivity index (χ1n) is 11.4. The van der Waals surface area contributed by atoms with Crippen LogP contribution in [0.2, 0.25) is 0 Å². The summed E-state index contributed by atoms with van der Waals surface area (Å²) in [5, 5.41) is 5.91. The Morgan fingerprint density at radius 2 is 1.86 bits per heavy atom. The van der Waals surface area contributed by atoms with Crippen LogP contribution in [-0.4, -0.2) is 28.5 Å². The molecule has 1 atom stereocenters. The van der Waals surface area contributed by atoms with Crippen molar-refractivity contribution in [1.82, 2.24) is 9.88 Å².